The van der Waals surface area contributed by atoms with Gasteiger partial charge in [0.15, 0.2) is 12.3 Å². The Kier molecular flexibility index (Phi) is 6.50. The molecule has 2 amide bonds. The van der Waals surface area contributed by atoms with Crippen molar-refractivity contribution in [3.05, 3.63) is 56.0 Å². The van der Waals surface area contributed by atoms with Crippen LogP contribution in [0.2, 0.25) is 5.02 Å². The van der Waals surface area contributed by atoms with Crippen molar-refractivity contribution >= 4 is 34.6 Å². The largest absolute Gasteiger partial charge is 0.484 e. The molecule has 33 heavy (non-hydrogen) atoms. The molecule has 174 valence electrons. The van der Waals surface area contributed by atoms with Gasteiger partial charge >= 0.3 is 5.69 Å². The van der Waals surface area contributed by atoms with Crippen molar-refractivity contribution in [1.29, 1.82) is 0 Å². The molecule has 1 saturated heterocycles. The number of aromatic amines is 2. The van der Waals surface area contributed by atoms with Crippen LogP contribution in [-0.4, -0.2) is 73.9 Å². The number of ether oxygens (including phenoxy) is 1. The summed E-state index contributed by atoms with van der Waals surface area (Å²) in [5, 5.41) is 0.592. The van der Waals surface area contributed by atoms with Gasteiger partial charge in [-0.2, -0.15) is 0 Å². The Morgan fingerprint density at radius 3 is 2.33 bits per heavy atom. The van der Waals surface area contributed by atoms with E-state index in [2.05, 4.69) is 15.0 Å². The summed E-state index contributed by atoms with van der Waals surface area (Å²) >= 11 is 5.83. The topological polar surface area (TPSA) is 133 Å². The Bertz CT molecular complexity index is 1290. The summed E-state index contributed by atoms with van der Waals surface area (Å²) in [6.07, 6.45) is 0.495. The third-order valence-electron chi connectivity index (χ3n) is 5.54. The fourth-order valence-corrected chi connectivity index (χ4v) is 3.75. The second kappa shape index (κ2) is 9.49. The van der Waals surface area contributed by atoms with Crippen LogP contribution in [0, 0.1) is 0 Å². The first-order valence-corrected chi connectivity index (χ1v) is 10.8. The maximum atomic E-state index is 12.6. The zero-order chi connectivity index (χ0) is 23.5. The van der Waals surface area contributed by atoms with Crippen molar-refractivity contribution in [2.24, 2.45) is 7.05 Å². The van der Waals surface area contributed by atoms with Crippen LogP contribution in [0.15, 0.2) is 33.9 Å². The van der Waals surface area contributed by atoms with E-state index in [-0.39, 0.29) is 36.0 Å². The number of piperazine rings is 1. The van der Waals surface area contributed by atoms with Crippen molar-refractivity contribution in [2.75, 3.05) is 32.8 Å². The summed E-state index contributed by atoms with van der Waals surface area (Å²) in [7, 11) is 1.51. The van der Waals surface area contributed by atoms with E-state index in [1.165, 1.54) is 11.6 Å². The van der Waals surface area contributed by atoms with Crippen molar-refractivity contribution in [2.45, 2.75) is 12.8 Å². The highest BCUT2D eigenvalue weighted by molar-refractivity contribution is 6.30. The Morgan fingerprint density at radius 2 is 1.67 bits per heavy atom. The number of nitrogens with zero attached hydrogens (tertiary/aromatic N) is 4. The summed E-state index contributed by atoms with van der Waals surface area (Å²) in [6, 6.07) is 6.78. The summed E-state index contributed by atoms with van der Waals surface area (Å²) < 4.78 is 6.74. The van der Waals surface area contributed by atoms with Gasteiger partial charge in [-0.05, 0) is 24.3 Å². The molecule has 0 atom stereocenters. The fourth-order valence-electron chi connectivity index (χ4n) is 3.63. The number of fused-ring (bicyclic) bond motifs is 1. The normalized spacial score (nSPS) is 14.0. The summed E-state index contributed by atoms with van der Waals surface area (Å²) in [6.45, 7) is 1.64. The molecule has 4 rings (SSSR count). The quantitative estimate of drug-likeness (QED) is 0.527. The van der Waals surface area contributed by atoms with Crippen molar-refractivity contribution in [3.8, 4) is 5.75 Å². The highest BCUT2D eigenvalue weighted by Gasteiger charge is 2.24. The molecule has 1 aromatic carbocycles. The van der Waals surface area contributed by atoms with Gasteiger partial charge in [-0.15, -0.1) is 0 Å². The molecule has 2 aromatic heterocycles. The van der Waals surface area contributed by atoms with Gasteiger partial charge in [0.25, 0.3) is 11.5 Å². The minimum atomic E-state index is -0.549. The minimum Gasteiger partial charge on any atom is -0.484 e. The van der Waals surface area contributed by atoms with Crippen LogP contribution in [0.25, 0.3) is 11.2 Å². The van der Waals surface area contributed by atoms with E-state index < -0.39 is 11.2 Å². The predicted octanol–water partition coefficient (Wildman–Crippen LogP) is 0.286. The van der Waals surface area contributed by atoms with Crippen LogP contribution in [-0.2, 0) is 23.1 Å². The molecule has 0 saturated carbocycles. The van der Waals surface area contributed by atoms with E-state index in [1.54, 1.807) is 34.1 Å². The third-order valence-corrected chi connectivity index (χ3v) is 5.79. The van der Waals surface area contributed by atoms with Crippen molar-refractivity contribution in [1.82, 2.24) is 29.3 Å². The van der Waals surface area contributed by atoms with Crippen LogP contribution in [0.5, 0.6) is 5.75 Å². The van der Waals surface area contributed by atoms with E-state index in [9.17, 15) is 19.2 Å². The maximum Gasteiger partial charge on any atom is 0.329 e. The van der Waals surface area contributed by atoms with Gasteiger partial charge < -0.3 is 19.5 Å². The number of halogens is 1. The van der Waals surface area contributed by atoms with Gasteiger partial charge in [-0.3, -0.25) is 23.9 Å². The first-order chi connectivity index (χ1) is 15.8. The van der Waals surface area contributed by atoms with Crippen LogP contribution in [0.1, 0.15) is 12.2 Å². The van der Waals surface area contributed by atoms with Crippen molar-refractivity contribution < 1.29 is 14.3 Å². The molecule has 1 aliphatic heterocycles. The smallest absolute Gasteiger partial charge is 0.329 e. The number of aromatic nitrogens is 4. The average molecular weight is 475 g/mol. The summed E-state index contributed by atoms with van der Waals surface area (Å²) in [5.41, 5.74) is -0.641. The molecule has 0 bridgehead atoms. The van der Waals surface area contributed by atoms with E-state index in [0.717, 1.165) is 0 Å². The lowest BCUT2D eigenvalue weighted by molar-refractivity contribution is -0.140. The molecule has 0 aliphatic carbocycles. The number of benzene rings is 1. The first kappa shape index (κ1) is 22.6. The number of carbonyl (C=O) groups excluding carboxylic acids is 2. The monoisotopic (exact) mass is 474 g/mol. The number of amides is 2. The average Bonchev–Trinajstić information content (AvgIpc) is 3.26. The van der Waals surface area contributed by atoms with Crippen LogP contribution >= 0.6 is 11.6 Å². The van der Waals surface area contributed by atoms with Gasteiger partial charge in [0.05, 0.1) is 0 Å². The lowest BCUT2D eigenvalue weighted by atomic mass is 10.2. The molecular formula is C21H23ClN6O5. The van der Waals surface area contributed by atoms with Gasteiger partial charge in [0, 0.05) is 51.1 Å². The van der Waals surface area contributed by atoms with Gasteiger partial charge in [0.2, 0.25) is 5.91 Å². The number of hydrogen-bond donors (Lipinski definition) is 2. The third kappa shape index (κ3) is 5.08. The lowest BCUT2D eigenvalue weighted by Crippen LogP contribution is -2.51. The molecule has 11 nitrogen and oxygen atoms in total. The standard InChI is InChI=1S/C21H23ClN6O5/c1-26-19-18(20(31)25-21(26)32)23-15(24-19)6-7-16(29)27-8-10-28(11-9-27)17(30)12-33-14-4-2-13(22)3-5-14/h2-5H,6-12H2,1H3,(H,23,24)(H,25,31,32). The minimum absolute atomic E-state index is 0.0669. The van der Waals surface area contributed by atoms with Crippen LogP contribution in [0.3, 0.4) is 0 Å². The first-order valence-electron chi connectivity index (χ1n) is 10.4. The highest BCUT2D eigenvalue weighted by Crippen LogP contribution is 2.16. The van der Waals surface area contributed by atoms with E-state index in [0.29, 0.717) is 49.2 Å². The summed E-state index contributed by atoms with van der Waals surface area (Å²) in [4.78, 5) is 61.4. The Morgan fingerprint density at radius 1 is 1.03 bits per heavy atom. The van der Waals surface area contributed by atoms with E-state index in [1.807, 2.05) is 0 Å². The SMILES string of the molecule is Cn1c(=O)[nH]c(=O)c2[nH]c(CCC(=O)N3CCN(C(=O)COc4ccc(Cl)cc4)CC3)nc21. The molecule has 0 unspecified atom stereocenters. The number of hydrogen-bond acceptors (Lipinski definition) is 6. The number of nitrogens with one attached hydrogen (secondary N) is 2. The molecule has 3 heterocycles. The zero-order valence-corrected chi connectivity index (χ0v) is 18.7. The van der Waals surface area contributed by atoms with E-state index >= 15 is 0 Å². The Labute approximate surface area is 192 Å². The molecule has 12 heteroatoms. The molecule has 0 radical (unpaired) electrons. The highest BCUT2D eigenvalue weighted by atomic mass is 35.5. The van der Waals surface area contributed by atoms with Crippen molar-refractivity contribution in [3.63, 3.8) is 0 Å². The molecule has 1 aliphatic rings. The molecule has 1 fully saturated rings. The molecule has 0 spiro atoms. The Hall–Kier alpha value is -3.60. The number of rotatable bonds is 6. The van der Waals surface area contributed by atoms with Crippen LogP contribution < -0.4 is 16.0 Å². The predicted molar refractivity (Wildman–Crippen MR) is 120 cm³/mol. The molecule has 2 N–H and O–H groups in total. The second-order valence-electron chi connectivity index (χ2n) is 7.70. The maximum absolute atomic E-state index is 12.6. The van der Waals surface area contributed by atoms with Gasteiger partial charge in [0.1, 0.15) is 17.1 Å². The second-order valence-corrected chi connectivity index (χ2v) is 8.14. The number of aryl methyl sites for hydroxylation is 2. The Balaban J connectivity index is 1.26. The molecular weight excluding hydrogens is 452 g/mol. The van der Waals surface area contributed by atoms with Crippen LogP contribution in [0.4, 0.5) is 0 Å². The number of carbonyl (C=O) groups is 2. The lowest BCUT2D eigenvalue weighted by Gasteiger charge is -2.34. The number of imidazole rings is 1. The van der Waals surface area contributed by atoms with Gasteiger partial charge in [-0.25, -0.2) is 9.78 Å². The zero-order valence-electron chi connectivity index (χ0n) is 18.0. The van der Waals surface area contributed by atoms with Gasteiger partial charge in [-0.1, -0.05) is 11.6 Å². The fraction of sp³-hybridized carbons (Fsp3) is 0.381. The summed E-state index contributed by atoms with van der Waals surface area (Å²) in [5.74, 6) is 0.811. The molecule has 3 aromatic rings. The number of H-pyrrole nitrogens is 2. The van der Waals surface area contributed by atoms with E-state index in [4.69, 9.17) is 16.3 Å².